The van der Waals surface area contributed by atoms with Gasteiger partial charge in [-0.25, -0.2) is 0 Å². The van der Waals surface area contributed by atoms with Crippen molar-refractivity contribution < 1.29 is 9.84 Å². The Hall–Kier alpha value is -2.00. The fourth-order valence-corrected chi connectivity index (χ4v) is 3.50. The van der Waals surface area contributed by atoms with Crippen LogP contribution in [0, 0.1) is 5.92 Å². The third kappa shape index (κ3) is 7.05. The van der Waals surface area contributed by atoms with Crippen LogP contribution < -0.4 is 10.2 Å². The summed E-state index contributed by atoms with van der Waals surface area (Å²) in [6.45, 7) is 7.80. The highest BCUT2D eigenvalue weighted by molar-refractivity contribution is 14.0. The molecule has 0 amide bonds. The number of para-hydroxylation sites is 2. The van der Waals surface area contributed by atoms with Gasteiger partial charge in [0.2, 0.25) is 0 Å². The van der Waals surface area contributed by atoms with Crippen LogP contribution in [0.1, 0.15) is 12.5 Å². The molecule has 0 saturated carbocycles. The van der Waals surface area contributed by atoms with E-state index in [4.69, 9.17) is 4.74 Å². The van der Waals surface area contributed by atoms with Crippen molar-refractivity contribution in [3.8, 4) is 5.75 Å². The summed E-state index contributed by atoms with van der Waals surface area (Å²) in [6, 6.07) is 17.8. The predicted octanol–water partition coefficient (Wildman–Crippen LogP) is 3.56. The maximum Gasteiger partial charge on any atom is 0.193 e. The first-order valence-electron chi connectivity index (χ1n) is 10.3. The number of hydrogen-bond acceptors (Lipinski definition) is 4. The Morgan fingerprint density at radius 1 is 1.07 bits per heavy atom. The molecule has 1 aliphatic rings. The van der Waals surface area contributed by atoms with E-state index in [9.17, 15) is 5.11 Å². The second-order valence-corrected chi connectivity index (χ2v) is 7.50. The highest BCUT2D eigenvalue weighted by atomic mass is 127. The predicted molar refractivity (Wildman–Crippen MR) is 134 cm³/mol. The number of aromatic hydroxyl groups is 1. The van der Waals surface area contributed by atoms with E-state index < -0.39 is 0 Å². The SMILES string of the molecule is CN=C(NCC(C)COCc1ccccc1)N1CCN(c2ccccc2O)CC1.I. The lowest BCUT2D eigenvalue weighted by Crippen LogP contribution is -2.53. The number of aliphatic imine (C=N–C) groups is 1. The smallest absolute Gasteiger partial charge is 0.193 e. The van der Waals surface area contributed by atoms with Crippen LogP contribution in [-0.2, 0) is 11.3 Å². The maximum atomic E-state index is 10.1. The van der Waals surface area contributed by atoms with Crippen LogP contribution in [0.3, 0.4) is 0 Å². The third-order valence-electron chi connectivity index (χ3n) is 5.14. The number of rotatable bonds is 7. The van der Waals surface area contributed by atoms with Crippen molar-refractivity contribution in [1.29, 1.82) is 0 Å². The number of anilines is 1. The van der Waals surface area contributed by atoms with E-state index in [1.54, 1.807) is 6.07 Å². The summed E-state index contributed by atoms with van der Waals surface area (Å²) < 4.78 is 5.84. The largest absolute Gasteiger partial charge is 0.506 e. The standard InChI is InChI=1S/C23H32N4O2.HI/c1-19(17-29-18-20-8-4-3-5-9-20)16-25-23(24-2)27-14-12-26(13-15-27)21-10-6-7-11-22(21)28;/h3-11,19,28H,12-18H2,1-2H3,(H,24,25);1H. The van der Waals surface area contributed by atoms with Crippen molar-refractivity contribution in [1.82, 2.24) is 10.2 Å². The lowest BCUT2D eigenvalue weighted by atomic mass is 10.2. The number of hydrogen-bond donors (Lipinski definition) is 2. The Kier molecular flexibility index (Phi) is 10.2. The van der Waals surface area contributed by atoms with Gasteiger partial charge in [0.15, 0.2) is 5.96 Å². The Morgan fingerprint density at radius 3 is 2.40 bits per heavy atom. The maximum absolute atomic E-state index is 10.1. The fourth-order valence-electron chi connectivity index (χ4n) is 3.50. The summed E-state index contributed by atoms with van der Waals surface area (Å²) in [5, 5.41) is 13.6. The highest BCUT2D eigenvalue weighted by Gasteiger charge is 2.21. The minimum atomic E-state index is 0. The van der Waals surface area contributed by atoms with E-state index in [1.807, 2.05) is 43.4 Å². The topological polar surface area (TPSA) is 60.3 Å². The molecule has 1 aliphatic heterocycles. The van der Waals surface area contributed by atoms with Crippen molar-refractivity contribution in [2.45, 2.75) is 13.5 Å². The normalized spacial score (nSPS) is 15.5. The number of piperazine rings is 1. The molecule has 2 aromatic rings. The number of phenolic OH excluding ortho intramolecular Hbond substituents is 1. The summed E-state index contributed by atoms with van der Waals surface area (Å²) >= 11 is 0. The molecule has 1 saturated heterocycles. The Bertz CT molecular complexity index is 780. The van der Waals surface area contributed by atoms with Gasteiger partial charge in [-0.2, -0.15) is 0 Å². The van der Waals surface area contributed by atoms with Gasteiger partial charge >= 0.3 is 0 Å². The summed E-state index contributed by atoms with van der Waals surface area (Å²) in [7, 11) is 1.83. The van der Waals surface area contributed by atoms with Crippen molar-refractivity contribution in [3.63, 3.8) is 0 Å². The molecule has 1 fully saturated rings. The molecule has 3 rings (SSSR count). The molecule has 7 heteroatoms. The van der Waals surface area contributed by atoms with Gasteiger partial charge in [-0.3, -0.25) is 4.99 Å². The van der Waals surface area contributed by atoms with Crippen molar-refractivity contribution in [2.75, 3.05) is 51.3 Å². The summed E-state index contributed by atoms with van der Waals surface area (Å²) in [6.07, 6.45) is 0. The van der Waals surface area contributed by atoms with Crippen molar-refractivity contribution in [3.05, 3.63) is 60.2 Å². The molecule has 1 atom stereocenters. The van der Waals surface area contributed by atoms with Crippen molar-refractivity contribution in [2.24, 2.45) is 10.9 Å². The van der Waals surface area contributed by atoms with Crippen LogP contribution in [0.5, 0.6) is 5.75 Å². The van der Waals surface area contributed by atoms with Crippen LogP contribution in [0.15, 0.2) is 59.6 Å². The Balaban J connectivity index is 0.00000320. The average Bonchev–Trinajstić information content (AvgIpc) is 2.76. The van der Waals surface area contributed by atoms with E-state index in [1.165, 1.54) is 5.56 Å². The molecule has 0 aromatic heterocycles. The Morgan fingerprint density at radius 2 is 1.73 bits per heavy atom. The van der Waals surface area contributed by atoms with Gasteiger partial charge in [-0.15, -0.1) is 24.0 Å². The lowest BCUT2D eigenvalue weighted by molar-refractivity contribution is 0.0929. The molecule has 0 bridgehead atoms. The average molecular weight is 524 g/mol. The molecule has 1 heterocycles. The first-order valence-corrected chi connectivity index (χ1v) is 10.3. The number of halogens is 1. The van der Waals surface area contributed by atoms with Gasteiger partial charge in [0, 0.05) is 39.8 Å². The molecule has 0 aliphatic carbocycles. The van der Waals surface area contributed by atoms with Gasteiger partial charge in [0.25, 0.3) is 0 Å². The lowest BCUT2D eigenvalue weighted by Gasteiger charge is -2.38. The van der Waals surface area contributed by atoms with E-state index in [-0.39, 0.29) is 24.0 Å². The molecule has 1 unspecified atom stereocenters. The molecule has 2 aromatic carbocycles. The number of guanidine groups is 1. The summed E-state index contributed by atoms with van der Waals surface area (Å²) in [4.78, 5) is 8.94. The molecule has 6 nitrogen and oxygen atoms in total. The molecule has 0 spiro atoms. The summed E-state index contributed by atoms with van der Waals surface area (Å²) in [5.74, 6) is 1.66. The zero-order chi connectivity index (χ0) is 20.5. The molecular weight excluding hydrogens is 491 g/mol. The molecule has 164 valence electrons. The third-order valence-corrected chi connectivity index (χ3v) is 5.14. The molecule has 2 N–H and O–H groups in total. The number of nitrogens with zero attached hydrogens (tertiary/aromatic N) is 3. The van der Waals surface area contributed by atoms with E-state index in [0.29, 0.717) is 24.9 Å². The van der Waals surface area contributed by atoms with Crippen LogP contribution >= 0.6 is 24.0 Å². The first-order chi connectivity index (χ1) is 14.2. The first kappa shape index (κ1) is 24.3. The van der Waals surface area contributed by atoms with E-state index in [0.717, 1.165) is 44.4 Å². The van der Waals surface area contributed by atoms with Gasteiger partial charge in [0.05, 0.1) is 18.9 Å². The van der Waals surface area contributed by atoms with Gasteiger partial charge in [-0.05, 0) is 23.6 Å². The zero-order valence-electron chi connectivity index (χ0n) is 17.8. The van der Waals surface area contributed by atoms with Gasteiger partial charge in [0.1, 0.15) is 5.75 Å². The number of ether oxygens (including phenoxy) is 1. The Labute approximate surface area is 197 Å². The fraction of sp³-hybridized carbons (Fsp3) is 0.435. The second kappa shape index (κ2) is 12.6. The van der Waals surface area contributed by atoms with Crippen LogP contribution in [0.25, 0.3) is 0 Å². The quantitative estimate of drug-likeness (QED) is 0.330. The van der Waals surface area contributed by atoms with Crippen LogP contribution in [-0.4, -0.2) is 62.3 Å². The minimum Gasteiger partial charge on any atom is -0.506 e. The highest BCUT2D eigenvalue weighted by Crippen LogP contribution is 2.27. The van der Waals surface area contributed by atoms with E-state index in [2.05, 4.69) is 39.2 Å². The monoisotopic (exact) mass is 524 g/mol. The number of nitrogens with one attached hydrogen (secondary N) is 1. The minimum absolute atomic E-state index is 0. The van der Waals surface area contributed by atoms with Gasteiger partial charge < -0.3 is 25.0 Å². The molecule has 0 radical (unpaired) electrons. The van der Waals surface area contributed by atoms with Gasteiger partial charge in [-0.1, -0.05) is 49.4 Å². The molecular formula is C23H33IN4O2. The van der Waals surface area contributed by atoms with Crippen LogP contribution in [0.4, 0.5) is 5.69 Å². The second-order valence-electron chi connectivity index (χ2n) is 7.50. The van der Waals surface area contributed by atoms with E-state index >= 15 is 0 Å². The van der Waals surface area contributed by atoms with Crippen LogP contribution in [0.2, 0.25) is 0 Å². The number of benzene rings is 2. The molecule has 30 heavy (non-hydrogen) atoms. The van der Waals surface area contributed by atoms with Crippen molar-refractivity contribution >= 4 is 35.6 Å². The number of phenols is 1. The zero-order valence-corrected chi connectivity index (χ0v) is 20.2. The summed E-state index contributed by atoms with van der Waals surface area (Å²) in [5.41, 5.74) is 2.10.